The van der Waals surface area contributed by atoms with Crippen LogP contribution in [0.15, 0.2) is 63.2 Å². The Kier molecular flexibility index (Phi) is 7.33. The molecule has 0 saturated carbocycles. The topological polar surface area (TPSA) is 115 Å². The third kappa shape index (κ3) is 5.18. The zero-order valence-corrected chi connectivity index (χ0v) is 19.1. The van der Waals surface area contributed by atoms with E-state index in [1.165, 1.54) is 45.7 Å². The van der Waals surface area contributed by atoms with Gasteiger partial charge in [-0.1, -0.05) is 18.2 Å². The molecular weight excluding hydrogens is 454 g/mol. The molecule has 32 heavy (non-hydrogen) atoms. The number of nitrogens with one attached hydrogen (secondary N) is 2. The van der Waals surface area contributed by atoms with Crippen LogP contribution in [-0.2, 0) is 10.0 Å². The van der Waals surface area contributed by atoms with Crippen LogP contribution in [0.1, 0.15) is 15.9 Å². The summed E-state index contributed by atoms with van der Waals surface area (Å²) < 4.78 is 43.5. The molecule has 3 aromatic rings. The van der Waals surface area contributed by atoms with Gasteiger partial charge in [-0.25, -0.2) is 13.8 Å². The number of amides is 1. The predicted octanol–water partition coefficient (Wildman–Crippen LogP) is 3.34. The maximum Gasteiger partial charge on any atom is 0.273 e. The number of methoxy groups -OCH3 is 3. The van der Waals surface area contributed by atoms with E-state index in [1.54, 1.807) is 35.7 Å². The monoisotopic (exact) mass is 475 g/mol. The van der Waals surface area contributed by atoms with Gasteiger partial charge in [0.25, 0.3) is 15.9 Å². The molecule has 9 nitrogen and oxygen atoms in total. The molecule has 0 fully saturated rings. The summed E-state index contributed by atoms with van der Waals surface area (Å²) in [6.45, 7) is 0. The largest absolute Gasteiger partial charge is 0.496 e. The maximum atomic E-state index is 12.7. The Hall–Kier alpha value is -3.57. The summed E-state index contributed by atoms with van der Waals surface area (Å²) in [5.41, 5.74) is 3.19. The molecule has 0 atom stereocenters. The molecule has 1 heterocycles. The van der Waals surface area contributed by atoms with Gasteiger partial charge in [-0.15, -0.1) is 11.3 Å². The van der Waals surface area contributed by atoms with Crippen molar-refractivity contribution in [3.8, 4) is 17.2 Å². The molecule has 168 valence electrons. The summed E-state index contributed by atoms with van der Waals surface area (Å²) in [6.07, 6.45) is 1.39. The van der Waals surface area contributed by atoms with Crippen LogP contribution in [0.5, 0.6) is 17.2 Å². The van der Waals surface area contributed by atoms with Crippen LogP contribution in [0.4, 0.5) is 5.69 Å². The van der Waals surface area contributed by atoms with Crippen LogP contribution in [-0.4, -0.2) is 41.9 Å². The molecule has 2 N–H and O–H groups in total. The Labute approximate surface area is 189 Å². The third-order valence-electron chi connectivity index (χ3n) is 4.28. The lowest BCUT2D eigenvalue weighted by Gasteiger charge is -2.12. The van der Waals surface area contributed by atoms with Crippen molar-refractivity contribution in [3.63, 3.8) is 0 Å². The van der Waals surface area contributed by atoms with Crippen molar-refractivity contribution in [2.75, 3.05) is 26.1 Å². The third-order valence-corrected chi connectivity index (χ3v) is 7.04. The van der Waals surface area contributed by atoms with Crippen molar-refractivity contribution < 1.29 is 27.4 Å². The van der Waals surface area contributed by atoms with E-state index in [2.05, 4.69) is 15.2 Å². The number of carbonyl (C=O) groups is 1. The Morgan fingerprint density at radius 3 is 2.31 bits per heavy atom. The van der Waals surface area contributed by atoms with E-state index < -0.39 is 15.9 Å². The molecule has 0 aliphatic heterocycles. The first-order chi connectivity index (χ1) is 15.4. The van der Waals surface area contributed by atoms with Gasteiger partial charge < -0.3 is 14.2 Å². The van der Waals surface area contributed by atoms with Crippen LogP contribution < -0.4 is 24.4 Å². The number of nitrogens with zero attached hydrogens (tertiary/aromatic N) is 1. The van der Waals surface area contributed by atoms with Gasteiger partial charge in [0, 0.05) is 11.6 Å². The second kappa shape index (κ2) is 10.2. The number of benzene rings is 2. The van der Waals surface area contributed by atoms with Gasteiger partial charge in [0.2, 0.25) is 0 Å². The van der Waals surface area contributed by atoms with Crippen LogP contribution in [0.3, 0.4) is 0 Å². The summed E-state index contributed by atoms with van der Waals surface area (Å²) in [5.74, 6) is 0.821. The summed E-state index contributed by atoms with van der Waals surface area (Å²) in [5, 5.41) is 5.63. The van der Waals surface area contributed by atoms with Gasteiger partial charge >= 0.3 is 0 Å². The highest BCUT2D eigenvalue weighted by Gasteiger charge is 2.19. The highest BCUT2D eigenvalue weighted by atomic mass is 32.2. The van der Waals surface area contributed by atoms with E-state index >= 15 is 0 Å². The molecule has 3 rings (SSSR count). The number of ether oxygens (including phenoxy) is 3. The normalized spacial score (nSPS) is 11.2. The van der Waals surface area contributed by atoms with E-state index in [9.17, 15) is 13.2 Å². The predicted molar refractivity (Wildman–Crippen MR) is 123 cm³/mol. The van der Waals surface area contributed by atoms with Crippen molar-refractivity contribution in [1.82, 2.24) is 5.43 Å². The molecular formula is C21H21N3O6S2. The molecule has 1 aromatic heterocycles. The van der Waals surface area contributed by atoms with Gasteiger partial charge in [0.15, 0.2) is 11.5 Å². The number of thiophene rings is 1. The second-order valence-corrected chi connectivity index (χ2v) is 9.09. The minimum absolute atomic E-state index is 0.115. The van der Waals surface area contributed by atoms with Crippen LogP contribution in [0.25, 0.3) is 0 Å². The standard InChI is InChI=1S/C21H21N3O6S2/c1-28-17-12-19(30-3)18(29-2)11-14(17)13-22-23-21(25)15-7-4-5-8-16(15)24-32(26,27)20-9-6-10-31-20/h4-13,24H,1-3H3,(H,23,25). The van der Waals surface area contributed by atoms with Gasteiger partial charge in [-0.3, -0.25) is 9.52 Å². The van der Waals surface area contributed by atoms with Crippen molar-refractivity contribution in [3.05, 3.63) is 65.0 Å². The quantitative estimate of drug-likeness (QED) is 0.362. The molecule has 0 unspecified atom stereocenters. The number of sulfonamides is 1. The van der Waals surface area contributed by atoms with Crippen molar-refractivity contribution in [2.45, 2.75) is 4.21 Å². The number of para-hydroxylation sites is 1. The summed E-state index contributed by atoms with van der Waals surface area (Å²) >= 11 is 1.08. The Morgan fingerprint density at radius 1 is 0.969 bits per heavy atom. The summed E-state index contributed by atoms with van der Waals surface area (Å²) in [6, 6.07) is 12.6. The molecule has 2 aromatic carbocycles. The van der Waals surface area contributed by atoms with E-state index in [-0.39, 0.29) is 15.5 Å². The SMILES string of the molecule is COc1cc(OC)c(OC)cc1C=NNC(=O)c1ccccc1NS(=O)(=O)c1cccs1. The van der Waals surface area contributed by atoms with Crippen molar-refractivity contribution in [2.24, 2.45) is 5.10 Å². The summed E-state index contributed by atoms with van der Waals surface area (Å²) in [7, 11) is 0.699. The van der Waals surface area contributed by atoms with E-state index in [0.29, 0.717) is 22.8 Å². The average Bonchev–Trinajstić information content (AvgIpc) is 3.35. The van der Waals surface area contributed by atoms with Crippen LogP contribution >= 0.6 is 11.3 Å². The molecule has 0 aliphatic rings. The average molecular weight is 476 g/mol. The zero-order valence-electron chi connectivity index (χ0n) is 17.5. The Morgan fingerprint density at radius 2 is 1.66 bits per heavy atom. The minimum atomic E-state index is -3.81. The first kappa shape index (κ1) is 23.1. The van der Waals surface area contributed by atoms with Crippen molar-refractivity contribution in [1.29, 1.82) is 0 Å². The lowest BCUT2D eigenvalue weighted by Crippen LogP contribution is -2.21. The van der Waals surface area contributed by atoms with Gasteiger partial charge in [-0.2, -0.15) is 5.10 Å². The van der Waals surface area contributed by atoms with E-state index in [1.807, 2.05) is 0 Å². The molecule has 1 amide bonds. The first-order valence-electron chi connectivity index (χ1n) is 9.18. The number of carbonyl (C=O) groups excluding carboxylic acids is 1. The molecule has 0 radical (unpaired) electrons. The fraction of sp³-hybridized carbons (Fsp3) is 0.143. The maximum absolute atomic E-state index is 12.7. The number of hydrazone groups is 1. The molecule has 0 bridgehead atoms. The fourth-order valence-corrected chi connectivity index (χ4v) is 4.83. The minimum Gasteiger partial charge on any atom is -0.496 e. The zero-order chi connectivity index (χ0) is 23.1. The van der Waals surface area contributed by atoms with Gasteiger partial charge in [0.05, 0.1) is 38.8 Å². The second-order valence-electron chi connectivity index (χ2n) is 6.23. The highest BCUT2D eigenvalue weighted by molar-refractivity contribution is 7.94. The fourth-order valence-electron chi connectivity index (χ4n) is 2.76. The smallest absolute Gasteiger partial charge is 0.273 e. The highest BCUT2D eigenvalue weighted by Crippen LogP contribution is 2.33. The first-order valence-corrected chi connectivity index (χ1v) is 11.5. The number of hydrogen-bond acceptors (Lipinski definition) is 8. The lowest BCUT2D eigenvalue weighted by molar-refractivity contribution is 0.0956. The molecule has 11 heteroatoms. The lowest BCUT2D eigenvalue weighted by atomic mass is 10.2. The number of rotatable bonds is 9. The Balaban J connectivity index is 1.80. The number of hydrogen-bond donors (Lipinski definition) is 2. The van der Waals surface area contributed by atoms with Gasteiger partial charge in [-0.05, 0) is 29.6 Å². The van der Waals surface area contributed by atoms with Gasteiger partial charge in [0.1, 0.15) is 9.96 Å². The molecule has 0 saturated heterocycles. The van der Waals surface area contributed by atoms with Crippen LogP contribution in [0.2, 0.25) is 0 Å². The Bertz CT molecular complexity index is 1220. The number of anilines is 1. The molecule has 0 aliphatic carbocycles. The van der Waals surface area contributed by atoms with E-state index in [4.69, 9.17) is 14.2 Å². The molecule has 0 spiro atoms. The van der Waals surface area contributed by atoms with Crippen molar-refractivity contribution >= 4 is 39.2 Å². The van der Waals surface area contributed by atoms with Crippen LogP contribution in [0, 0.1) is 0 Å². The summed E-state index contributed by atoms with van der Waals surface area (Å²) in [4.78, 5) is 12.7. The van der Waals surface area contributed by atoms with E-state index in [0.717, 1.165) is 11.3 Å².